The quantitative estimate of drug-likeness (QED) is 0.391. The number of nitro benzene ring substituents is 1. The normalized spacial score (nSPS) is 11.7. The van der Waals surface area contributed by atoms with Crippen LogP contribution in [-0.4, -0.2) is 22.0 Å². The number of aromatic hydroxyl groups is 1. The topological polar surface area (TPSA) is 118 Å². The van der Waals surface area contributed by atoms with Crippen LogP contribution >= 0.6 is 0 Å². The van der Waals surface area contributed by atoms with Crippen molar-refractivity contribution in [3.63, 3.8) is 0 Å². The second-order valence-electron chi connectivity index (χ2n) is 6.20. The lowest BCUT2D eigenvalue weighted by Crippen LogP contribution is -2.12. The van der Waals surface area contributed by atoms with Crippen LogP contribution < -0.4 is 5.63 Å². The molecule has 1 heterocycles. The third kappa shape index (κ3) is 4.62. The Morgan fingerprint density at radius 2 is 1.79 bits per heavy atom. The van der Waals surface area contributed by atoms with E-state index in [1.807, 2.05) is 0 Å². The Bertz CT molecular complexity index is 1180. The van der Waals surface area contributed by atoms with Crippen molar-refractivity contribution in [1.82, 2.24) is 0 Å². The van der Waals surface area contributed by atoms with Gasteiger partial charge in [0.25, 0.3) is 5.69 Å². The minimum atomic E-state index is -0.671. The summed E-state index contributed by atoms with van der Waals surface area (Å²) in [5.41, 5.74) is 1.31. The Morgan fingerprint density at radius 3 is 2.41 bits per heavy atom. The number of nitrogens with zero attached hydrogens (tertiary/aromatic N) is 3. The van der Waals surface area contributed by atoms with Crippen molar-refractivity contribution >= 4 is 29.0 Å². The van der Waals surface area contributed by atoms with E-state index in [1.165, 1.54) is 18.2 Å². The first-order valence-corrected chi connectivity index (χ1v) is 8.62. The Hall–Kier alpha value is -4.07. The predicted octanol–water partition coefficient (Wildman–Crippen LogP) is 4.45. The number of para-hydroxylation sites is 2. The fraction of sp³-hybridized carbons (Fsp3) is 0.0952. The highest BCUT2D eigenvalue weighted by Gasteiger charge is 2.13. The highest BCUT2D eigenvalue weighted by Crippen LogP contribution is 2.29. The van der Waals surface area contributed by atoms with Gasteiger partial charge >= 0.3 is 5.63 Å². The van der Waals surface area contributed by atoms with E-state index in [0.29, 0.717) is 22.7 Å². The summed E-state index contributed by atoms with van der Waals surface area (Å²) >= 11 is 0. The lowest BCUT2D eigenvalue weighted by Gasteiger charge is -2.05. The summed E-state index contributed by atoms with van der Waals surface area (Å²) in [5, 5.41) is 20.8. The van der Waals surface area contributed by atoms with Crippen molar-refractivity contribution in [3.05, 3.63) is 92.0 Å². The molecule has 8 heteroatoms. The molecule has 29 heavy (non-hydrogen) atoms. The number of nitro groups is 1. The molecule has 2 aromatic carbocycles. The van der Waals surface area contributed by atoms with Gasteiger partial charge in [0.05, 0.1) is 22.0 Å². The number of aliphatic imine (C=N–C) groups is 2. The van der Waals surface area contributed by atoms with E-state index in [4.69, 9.17) is 4.42 Å². The largest absolute Gasteiger partial charge is 0.507 e. The Balaban J connectivity index is 1.94. The molecule has 0 unspecified atom stereocenters. The van der Waals surface area contributed by atoms with Gasteiger partial charge in [0.15, 0.2) is 0 Å². The summed E-state index contributed by atoms with van der Waals surface area (Å²) in [7, 11) is 0. The first kappa shape index (κ1) is 19.7. The molecule has 0 radical (unpaired) electrons. The van der Waals surface area contributed by atoms with Crippen molar-refractivity contribution in [1.29, 1.82) is 0 Å². The first-order valence-electron chi connectivity index (χ1n) is 8.62. The van der Waals surface area contributed by atoms with Gasteiger partial charge in [0.1, 0.15) is 17.1 Å². The zero-order chi connectivity index (χ0) is 21.0. The van der Waals surface area contributed by atoms with Crippen LogP contribution in [0.15, 0.2) is 73.8 Å². The van der Waals surface area contributed by atoms with E-state index in [2.05, 4.69) is 9.98 Å². The smallest absolute Gasteiger partial charge is 0.348 e. The van der Waals surface area contributed by atoms with Crippen LogP contribution in [0.3, 0.4) is 0 Å². The highest BCUT2D eigenvalue weighted by molar-refractivity contribution is 6.02. The third-order valence-electron chi connectivity index (χ3n) is 4.04. The molecule has 0 saturated heterocycles. The molecule has 1 N–H and O–H groups in total. The van der Waals surface area contributed by atoms with E-state index in [9.17, 15) is 20.0 Å². The molecule has 0 amide bonds. The van der Waals surface area contributed by atoms with E-state index in [1.54, 1.807) is 56.5 Å². The van der Waals surface area contributed by atoms with E-state index in [-0.39, 0.29) is 22.7 Å². The van der Waals surface area contributed by atoms with Gasteiger partial charge in [0.2, 0.25) is 0 Å². The SMILES string of the molecule is CC(=Nc1ccccc1N=Cc1ccc([N+](=O)[O-])cc1)c1c(O)cc(C)oc1=O. The number of aryl methyl sites for hydroxylation is 1. The summed E-state index contributed by atoms with van der Waals surface area (Å²) in [6.45, 7) is 3.16. The number of non-ortho nitro benzene ring substituents is 1. The second kappa shape index (κ2) is 8.30. The lowest BCUT2D eigenvalue weighted by atomic mass is 10.1. The molecule has 1 aromatic heterocycles. The molecule has 0 bridgehead atoms. The minimum absolute atomic E-state index is 0.000452. The molecule has 0 aliphatic heterocycles. The van der Waals surface area contributed by atoms with Gasteiger partial charge in [-0.25, -0.2) is 4.79 Å². The van der Waals surface area contributed by atoms with E-state index in [0.717, 1.165) is 0 Å². The Kier molecular flexibility index (Phi) is 5.64. The summed E-state index contributed by atoms with van der Waals surface area (Å²) in [5.74, 6) is 0.101. The standard InChI is InChI=1S/C21H17N3O5/c1-13-11-19(25)20(21(26)29-13)14(2)23-18-6-4-3-5-17(18)22-12-15-7-9-16(10-8-15)24(27)28/h3-12,25H,1-2H3. The molecule has 8 nitrogen and oxygen atoms in total. The molecule has 0 atom stereocenters. The van der Waals surface area contributed by atoms with E-state index < -0.39 is 10.5 Å². The van der Waals surface area contributed by atoms with Crippen LogP contribution in [0.5, 0.6) is 5.75 Å². The van der Waals surface area contributed by atoms with Crippen LogP contribution in [0.4, 0.5) is 17.1 Å². The molecule has 0 aliphatic rings. The Morgan fingerprint density at radius 1 is 1.14 bits per heavy atom. The van der Waals surface area contributed by atoms with Crippen LogP contribution in [0.25, 0.3) is 0 Å². The van der Waals surface area contributed by atoms with Gasteiger partial charge < -0.3 is 9.52 Å². The fourth-order valence-electron chi connectivity index (χ4n) is 2.66. The van der Waals surface area contributed by atoms with Crippen molar-refractivity contribution in [2.24, 2.45) is 9.98 Å². The van der Waals surface area contributed by atoms with Gasteiger partial charge in [0, 0.05) is 24.4 Å². The molecule has 146 valence electrons. The summed E-state index contributed by atoms with van der Waals surface area (Å²) in [6.07, 6.45) is 1.56. The average Bonchev–Trinajstić information content (AvgIpc) is 2.66. The number of hydrogen-bond acceptors (Lipinski definition) is 7. The van der Waals surface area contributed by atoms with Crippen molar-refractivity contribution in [2.75, 3.05) is 0 Å². The van der Waals surface area contributed by atoms with Crippen LogP contribution in [-0.2, 0) is 0 Å². The van der Waals surface area contributed by atoms with Crippen molar-refractivity contribution < 1.29 is 14.4 Å². The van der Waals surface area contributed by atoms with Crippen LogP contribution in [0, 0.1) is 17.0 Å². The van der Waals surface area contributed by atoms with Crippen molar-refractivity contribution in [2.45, 2.75) is 13.8 Å². The summed E-state index contributed by atoms with van der Waals surface area (Å²) in [6, 6.07) is 14.4. The first-order chi connectivity index (χ1) is 13.8. The van der Waals surface area contributed by atoms with Gasteiger partial charge in [-0.2, -0.15) is 0 Å². The maximum atomic E-state index is 12.1. The molecule has 3 aromatic rings. The molecule has 0 aliphatic carbocycles. The van der Waals surface area contributed by atoms with Gasteiger partial charge in [-0.05, 0) is 43.7 Å². The minimum Gasteiger partial charge on any atom is -0.507 e. The monoisotopic (exact) mass is 391 g/mol. The van der Waals surface area contributed by atoms with E-state index >= 15 is 0 Å². The zero-order valence-electron chi connectivity index (χ0n) is 15.7. The van der Waals surface area contributed by atoms with Crippen LogP contribution in [0.1, 0.15) is 23.8 Å². The van der Waals surface area contributed by atoms with Gasteiger partial charge in [-0.3, -0.25) is 20.1 Å². The molecule has 0 spiro atoms. The predicted molar refractivity (Wildman–Crippen MR) is 110 cm³/mol. The second-order valence-corrected chi connectivity index (χ2v) is 6.20. The molecule has 0 fully saturated rings. The fourth-order valence-corrected chi connectivity index (χ4v) is 2.66. The van der Waals surface area contributed by atoms with Crippen molar-refractivity contribution in [3.8, 4) is 5.75 Å². The summed E-state index contributed by atoms with van der Waals surface area (Å²) < 4.78 is 5.04. The number of hydrogen-bond donors (Lipinski definition) is 1. The molecule has 0 saturated carbocycles. The van der Waals surface area contributed by atoms with Crippen LogP contribution in [0.2, 0.25) is 0 Å². The average molecular weight is 391 g/mol. The zero-order valence-corrected chi connectivity index (χ0v) is 15.7. The number of rotatable bonds is 5. The molecular weight excluding hydrogens is 374 g/mol. The maximum Gasteiger partial charge on any atom is 0.348 e. The van der Waals surface area contributed by atoms with Gasteiger partial charge in [-0.1, -0.05) is 12.1 Å². The van der Waals surface area contributed by atoms with Gasteiger partial charge in [-0.15, -0.1) is 0 Å². The Labute approximate surface area is 165 Å². The molecular formula is C21H17N3O5. The maximum absolute atomic E-state index is 12.1. The molecule has 3 rings (SSSR count). The lowest BCUT2D eigenvalue weighted by molar-refractivity contribution is -0.384. The third-order valence-corrected chi connectivity index (χ3v) is 4.04. The summed E-state index contributed by atoms with van der Waals surface area (Å²) in [4.78, 5) is 31.2. The number of benzene rings is 2. The highest BCUT2D eigenvalue weighted by atomic mass is 16.6.